The Morgan fingerprint density at radius 1 is 1.25 bits per heavy atom. The molecule has 1 fully saturated rings. The Labute approximate surface area is 121 Å². The second kappa shape index (κ2) is 7.62. The Morgan fingerprint density at radius 2 is 1.85 bits per heavy atom. The van der Waals surface area contributed by atoms with E-state index >= 15 is 0 Å². The number of aliphatic carboxylic acids is 1. The summed E-state index contributed by atoms with van der Waals surface area (Å²) in [7, 11) is 0. The maximum atomic E-state index is 12.1. The largest absolute Gasteiger partial charge is 0.481 e. The van der Waals surface area contributed by atoms with Crippen molar-refractivity contribution in [1.29, 1.82) is 0 Å². The molecule has 0 aliphatic heterocycles. The third kappa shape index (κ3) is 4.78. The van der Waals surface area contributed by atoms with Gasteiger partial charge in [-0.25, -0.2) is 0 Å². The standard InChI is InChI=1S/C15H28N2O3/c1-11(2)12(14(19)20)9-17-13(18)8-15(10-16)6-4-3-5-7-15/h11-12H,3-10,16H2,1-2H3,(H,17,18)(H,19,20). The first-order valence-corrected chi connectivity index (χ1v) is 7.60. The van der Waals surface area contributed by atoms with Crippen LogP contribution in [0.3, 0.4) is 0 Å². The van der Waals surface area contributed by atoms with Crippen molar-refractivity contribution < 1.29 is 14.7 Å². The van der Waals surface area contributed by atoms with E-state index in [0.717, 1.165) is 25.7 Å². The lowest BCUT2D eigenvalue weighted by molar-refractivity contribution is -0.143. The molecule has 1 atom stereocenters. The van der Waals surface area contributed by atoms with Crippen LogP contribution in [0.1, 0.15) is 52.4 Å². The lowest BCUT2D eigenvalue weighted by atomic mass is 9.71. The minimum atomic E-state index is -0.855. The molecule has 4 N–H and O–H groups in total. The number of hydrogen-bond acceptors (Lipinski definition) is 3. The highest BCUT2D eigenvalue weighted by Gasteiger charge is 2.33. The number of nitrogens with one attached hydrogen (secondary N) is 1. The van der Waals surface area contributed by atoms with Crippen LogP contribution in [0.15, 0.2) is 0 Å². The van der Waals surface area contributed by atoms with Crippen LogP contribution in [0.25, 0.3) is 0 Å². The van der Waals surface area contributed by atoms with E-state index in [2.05, 4.69) is 5.32 Å². The molecule has 0 heterocycles. The highest BCUT2D eigenvalue weighted by Crippen LogP contribution is 2.38. The van der Waals surface area contributed by atoms with Gasteiger partial charge in [0.2, 0.25) is 5.91 Å². The average Bonchev–Trinajstić information content (AvgIpc) is 2.39. The van der Waals surface area contributed by atoms with Gasteiger partial charge in [0.15, 0.2) is 0 Å². The van der Waals surface area contributed by atoms with Crippen molar-refractivity contribution in [2.45, 2.75) is 52.4 Å². The van der Waals surface area contributed by atoms with Crippen molar-refractivity contribution >= 4 is 11.9 Å². The first-order valence-electron chi connectivity index (χ1n) is 7.60. The number of carbonyl (C=O) groups is 2. The van der Waals surface area contributed by atoms with Gasteiger partial charge in [-0.1, -0.05) is 33.1 Å². The smallest absolute Gasteiger partial charge is 0.308 e. The monoisotopic (exact) mass is 284 g/mol. The molecule has 5 nitrogen and oxygen atoms in total. The van der Waals surface area contributed by atoms with Crippen molar-refractivity contribution in [3.8, 4) is 0 Å². The number of carboxylic acids is 1. The Morgan fingerprint density at radius 3 is 2.30 bits per heavy atom. The molecule has 0 aromatic heterocycles. The van der Waals surface area contributed by atoms with Crippen LogP contribution in [0.5, 0.6) is 0 Å². The molecule has 1 saturated carbocycles. The molecule has 116 valence electrons. The second-order valence-electron chi connectivity index (χ2n) is 6.43. The molecular weight excluding hydrogens is 256 g/mol. The number of nitrogens with two attached hydrogens (primary N) is 1. The van der Waals surface area contributed by atoms with Gasteiger partial charge in [-0.05, 0) is 30.7 Å². The quantitative estimate of drug-likeness (QED) is 0.664. The first kappa shape index (κ1) is 17.0. The molecule has 0 aromatic rings. The van der Waals surface area contributed by atoms with Crippen LogP contribution in [-0.4, -0.2) is 30.1 Å². The molecule has 0 aromatic carbocycles. The van der Waals surface area contributed by atoms with E-state index in [-0.39, 0.29) is 23.8 Å². The fraction of sp³-hybridized carbons (Fsp3) is 0.867. The summed E-state index contributed by atoms with van der Waals surface area (Å²) in [6, 6.07) is 0. The number of rotatable bonds is 7. The molecule has 0 saturated heterocycles. The summed E-state index contributed by atoms with van der Waals surface area (Å²) in [6.07, 6.45) is 5.92. The van der Waals surface area contributed by atoms with Gasteiger partial charge in [-0.15, -0.1) is 0 Å². The van der Waals surface area contributed by atoms with E-state index < -0.39 is 11.9 Å². The van der Waals surface area contributed by atoms with Gasteiger partial charge in [-0.3, -0.25) is 9.59 Å². The summed E-state index contributed by atoms with van der Waals surface area (Å²) in [4.78, 5) is 23.2. The number of carbonyl (C=O) groups excluding carboxylic acids is 1. The zero-order valence-corrected chi connectivity index (χ0v) is 12.7. The molecule has 0 bridgehead atoms. The fourth-order valence-electron chi connectivity index (χ4n) is 2.99. The van der Waals surface area contributed by atoms with Gasteiger partial charge in [0.1, 0.15) is 0 Å². The van der Waals surface area contributed by atoms with Gasteiger partial charge in [0.05, 0.1) is 5.92 Å². The molecule has 1 amide bonds. The van der Waals surface area contributed by atoms with Crippen molar-refractivity contribution in [3.63, 3.8) is 0 Å². The van der Waals surface area contributed by atoms with Crippen LogP contribution in [0, 0.1) is 17.3 Å². The topological polar surface area (TPSA) is 92.4 Å². The summed E-state index contributed by atoms with van der Waals surface area (Å²) in [5, 5.41) is 11.9. The molecule has 1 aliphatic carbocycles. The predicted molar refractivity (Wildman–Crippen MR) is 78.2 cm³/mol. The van der Waals surface area contributed by atoms with Crippen LogP contribution in [-0.2, 0) is 9.59 Å². The van der Waals surface area contributed by atoms with Crippen molar-refractivity contribution in [2.75, 3.05) is 13.1 Å². The number of hydrogen-bond donors (Lipinski definition) is 3. The maximum absolute atomic E-state index is 12.1. The second-order valence-corrected chi connectivity index (χ2v) is 6.43. The van der Waals surface area contributed by atoms with Crippen molar-refractivity contribution in [3.05, 3.63) is 0 Å². The third-order valence-corrected chi connectivity index (χ3v) is 4.52. The van der Waals surface area contributed by atoms with E-state index in [1.165, 1.54) is 6.42 Å². The van der Waals surface area contributed by atoms with Gasteiger partial charge in [0, 0.05) is 13.0 Å². The third-order valence-electron chi connectivity index (χ3n) is 4.52. The van der Waals surface area contributed by atoms with Crippen LogP contribution < -0.4 is 11.1 Å². The van der Waals surface area contributed by atoms with Gasteiger partial charge < -0.3 is 16.2 Å². The average molecular weight is 284 g/mol. The molecule has 0 spiro atoms. The first-order chi connectivity index (χ1) is 9.40. The fourth-order valence-corrected chi connectivity index (χ4v) is 2.99. The Balaban J connectivity index is 2.48. The lowest BCUT2D eigenvalue weighted by Gasteiger charge is -2.35. The molecule has 1 rings (SSSR count). The van der Waals surface area contributed by atoms with E-state index in [4.69, 9.17) is 10.8 Å². The SMILES string of the molecule is CC(C)C(CNC(=O)CC1(CN)CCCCC1)C(=O)O. The highest BCUT2D eigenvalue weighted by atomic mass is 16.4. The van der Waals surface area contributed by atoms with Crippen LogP contribution in [0.2, 0.25) is 0 Å². The van der Waals surface area contributed by atoms with E-state index in [9.17, 15) is 9.59 Å². The summed E-state index contributed by atoms with van der Waals surface area (Å²) >= 11 is 0. The van der Waals surface area contributed by atoms with Gasteiger partial charge in [-0.2, -0.15) is 0 Å². The molecule has 1 aliphatic rings. The summed E-state index contributed by atoms with van der Waals surface area (Å²) in [5.41, 5.74) is 5.79. The lowest BCUT2D eigenvalue weighted by Crippen LogP contribution is -2.41. The number of carboxylic acid groups (broad SMARTS) is 1. The minimum absolute atomic E-state index is 0.00551. The van der Waals surface area contributed by atoms with E-state index in [1.807, 2.05) is 13.8 Å². The highest BCUT2D eigenvalue weighted by molar-refractivity contribution is 5.78. The van der Waals surface area contributed by atoms with Crippen molar-refractivity contribution in [1.82, 2.24) is 5.32 Å². The normalized spacial score (nSPS) is 19.6. The molecule has 0 radical (unpaired) electrons. The summed E-state index contributed by atoms with van der Waals surface area (Å²) < 4.78 is 0. The van der Waals surface area contributed by atoms with Gasteiger partial charge >= 0.3 is 5.97 Å². The molecular formula is C15H28N2O3. The number of amides is 1. The van der Waals surface area contributed by atoms with Gasteiger partial charge in [0.25, 0.3) is 0 Å². The van der Waals surface area contributed by atoms with E-state index in [1.54, 1.807) is 0 Å². The van der Waals surface area contributed by atoms with Crippen molar-refractivity contribution in [2.24, 2.45) is 23.0 Å². The van der Waals surface area contributed by atoms with Crippen LogP contribution >= 0.6 is 0 Å². The maximum Gasteiger partial charge on any atom is 0.308 e. The zero-order chi connectivity index (χ0) is 15.2. The zero-order valence-electron chi connectivity index (χ0n) is 12.7. The molecule has 5 heteroatoms. The Hall–Kier alpha value is -1.10. The molecule has 20 heavy (non-hydrogen) atoms. The van der Waals surface area contributed by atoms with E-state index in [0.29, 0.717) is 13.0 Å². The minimum Gasteiger partial charge on any atom is -0.481 e. The summed E-state index contributed by atoms with van der Waals surface area (Å²) in [6.45, 7) is 4.44. The predicted octanol–water partition coefficient (Wildman–Crippen LogP) is 1.76. The summed E-state index contributed by atoms with van der Waals surface area (Å²) in [5.74, 6) is -1.44. The van der Waals surface area contributed by atoms with Crippen LogP contribution in [0.4, 0.5) is 0 Å². The Kier molecular flexibility index (Phi) is 6.46. The Bertz CT molecular complexity index is 336. The molecule has 1 unspecified atom stereocenters.